The van der Waals surface area contributed by atoms with Crippen molar-refractivity contribution < 1.29 is 9.59 Å². The zero-order valence-corrected chi connectivity index (χ0v) is 18.1. The van der Waals surface area contributed by atoms with Crippen molar-refractivity contribution in [3.8, 4) is 0 Å². The van der Waals surface area contributed by atoms with Crippen LogP contribution in [0.15, 0.2) is 47.5 Å². The number of carbonyl (C=O) groups is 2. The molecule has 1 heterocycles. The summed E-state index contributed by atoms with van der Waals surface area (Å²) in [6.45, 7) is 8.29. The molecule has 3 rings (SSSR count). The molecule has 1 saturated heterocycles. The molecular formula is C23H27N3O2S. The molecule has 29 heavy (non-hydrogen) atoms. The van der Waals surface area contributed by atoms with E-state index in [0.29, 0.717) is 11.1 Å². The molecule has 5 nitrogen and oxygen atoms in total. The Morgan fingerprint density at radius 1 is 1.21 bits per heavy atom. The third-order valence-electron chi connectivity index (χ3n) is 5.12. The van der Waals surface area contributed by atoms with Crippen LogP contribution in [0.4, 0.5) is 11.4 Å². The van der Waals surface area contributed by atoms with Gasteiger partial charge in [0.05, 0.1) is 5.69 Å². The van der Waals surface area contributed by atoms with E-state index in [4.69, 9.17) is 0 Å². The third kappa shape index (κ3) is 5.48. The van der Waals surface area contributed by atoms with Crippen LogP contribution in [0.1, 0.15) is 49.3 Å². The molecule has 2 N–H and O–H groups in total. The lowest BCUT2D eigenvalue weighted by molar-refractivity contribution is -0.122. The summed E-state index contributed by atoms with van der Waals surface area (Å²) in [7, 11) is 0. The first-order valence-corrected chi connectivity index (χ1v) is 10.8. The van der Waals surface area contributed by atoms with Crippen LogP contribution < -0.4 is 10.6 Å². The maximum absolute atomic E-state index is 12.4. The van der Waals surface area contributed by atoms with Gasteiger partial charge in [-0.2, -0.15) is 0 Å². The van der Waals surface area contributed by atoms with E-state index in [9.17, 15) is 9.59 Å². The van der Waals surface area contributed by atoms with Crippen molar-refractivity contribution >= 4 is 40.1 Å². The summed E-state index contributed by atoms with van der Waals surface area (Å²) in [6, 6.07) is 14.0. The Morgan fingerprint density at radius 2 is 1.93 bits per heavy atom. The smallest absolute Gasteiger partial charge is 0.240 e. The van der Waals surface area contributed by atoms with Crippen LogP contribution in [0.2, 0.25) is 0 Å². The fraction of sp³-hybridized carbons (Fsp3) is 0.348. The maximum atomic E-state index is 12.4. The number of aryl methyl sites for hydroxylation is 2. The van der Waals surface area contributed by atoms with Crippen molar-refractivity contribution in [2.45, 2.75) is 51.7 Å². The molecule has 1 aliphatic rings. The van der Waals surface area contributed by atoms with E-state index in [2.05, 4.69) is 41.6 Å². The average Bonchev–Trinajstić information content (AvgIpc) is 3.03. The summed E-state index contributed by atoms with van der Waals surface area (Å²) in [6.07, 6.45) is 1.20. The Bertz CT molecular complexity index is 938. The fourth-order valence-corrected chi connectivity index (χ4v) is 4.05. The van der Waals surface area contributed by atoms with Crippen molar-refractivity contribution in [1.82, 2.24) is 5.32 Å². The summed E-state index contributed by atoms with van der Waals surface area (Å²) < 4.78 is 0. The number of aliphatic imine (C=N–C) groups is 1. The fourth-order valence-electron chi connectivity index (χ4n) is 3.06. The molecule has 1 aliphatic heterocycles. The Kier molecular flexibility index (Phi) is 6.75. The number of amides is 2. The van der Waals surface area contributed by atoms with Crippen LogP contribution in [0, 0.1) is 13.8 Å². The highest BCUT2D eigenvalue weighted by molar-refractivity contribution is 8.15. The van der Waals surface area contributed by atoms with Crippen molar-refractivity contribution in [3.05, 3.63) is 59.2 Å². The van der Waals surface area contributed by atoms with Gasteiger partial charge in [0.15, 0.2) is 5.17 Å². The number of amidine groups is 1. The molecule has 2 aromatic rings. The molecule has 0 radical (unpaired) electrons. The summed E-state index contributed by atoms with van der Waals surface area (Å²) in [5.41, 5.74) is 4.93. The number of benzene rings is 2. The normalized spacial score (nSPS) is 18.6. The van der Waals surface area contributed by atoms with Gasteiger partial charge in [-0.05, 0) is 61.1 Å². The molecule has 1 fully saturated rings. The minimum atomic E-state index is -0.474. The van der Waals surface area contributed by atoms with Crippen molar-refractivity contribution in [2.75, 3.05) is 5.32 Å². The predicted molar refractivity (Wildman–Crippen MR) is 121 cm³/mol. The molecule has 0 aliphatic carbocycles. The number of nitrogens with zero attached hydrogens (tertiary/aromatic N) is 1. The van der Waals surface area contributed by atoms with Crippen molar-refractivity contribution in [3.63, 3.8) is 0 Å². The summed E-state index contributed by atoms with van der Waals surface area (Å²) >= 11 is 1.30. The molecule has 0 aromatic heterocycles. The Hall–Kier alpha value is -2.60. The van der Waals surface area contributed by atoms with E-state index >= 15 is 0 Å². The van der Waals surface area contributed by atoms with Crippen LogP contribution in [0.3, 0.4) is 0 Å². The summed E-state index contributed by atoms with van der Waals surface area (Å²) in [5.74, 6) is 0.156. The van der Waals surface area contributed by atoms with Crippen LogP contribution in [0.5, 0.6) is 0 Å². The topological polar surface area (TPSA) is 70.6 Å². The lowest BCUT2D eigenvalue weighted by Gasteiger charge is -2.10. The number of carbonyl (C=O) groups excluding carboxylic acids is 2. The number of hydrogen-bond acceptors (Lipinski definition) is 4. The largest absolute Gasteiger partial charge is 0.326 e. The number of rotatable bonds is 6. The molecule has 2 aromatic carbocycles. The first kappa shape index (κ1) is 21.1. The van der Waals surface area contributed by atoms with E-state index in [0.717, 1.165) is 28.9 Å². The Labute approximate surface area is 176 Å². The molecule has 2 atom stereocenters. The molecule has 152 valence electrons. The van der Waals surface area contributed by atoms with Gasteiger partial charge in [-0.25, -0.2) is 4.99 Å². The molecule has 0 unspecified atom stereocenters. The van der Waals surface area contributed by atoms with Crippen LogP contribution in [0.25, 0.3) is 0 Å². The highest BCUT2D eigenvalue weighted by Gasteiger charge is 2.32. The minimum absolute atomic E-state index is 0.107. The second-order valence-corrected chi connectivity index (χ2v) is 8.68. The van der Waals surface area contributed by atoms with Gasteiger partial charge in [-0.15, -0.1) is 0 Å². The second kappa shape index (κ2) is 9.27. The van der Waals surface area contributed by atoms with Gasteiger partial charge in [0.25, 0.3) is 0 Å². The Morgan fingerprint density at radius 3 is 2.62 bits per heavy atom. The predicted octanol–water partition coefficient (Wildman–Crippen LogP) is 5.06. The average molecular weight is 410 g/mol. The van der Waals surface area contributed by atoms with Crippen LogP contribution >= 0.6 is 11.8 Å². The third-order valence-corrected chi connectivity index (χ3v) is 6.20. The number of nitrogens with one attached hydrogen (secondary N) is 2. The lowest BCUT2D eigenvalue weighted by Crippen LogP contribution is -2.28. The Balaban J connectivity index is 1.61. The van der Waals surface area contributed by atoms with Gasteiger partial charge in [-0.3, -0.25) is 9.59 Å². The minimum Gasteiger partial charge on any atom is -0.326 e. The summed E-state index contributed by atoms with van der Waals surface area (Å²) in [5, 5.41) is 5.76. The van der Waals surface area contributed by atoms with E-state index < -0.39 is 5.25 Å². The lowest BCUT2D eigenvalue weighted by atomic mass is 9.99. The number of thioether (sulfide) groups is 1. The molecule has 2 amide bonds. The van der Waals surface area contributed by atoms with E-state index in [1.165, 1.54) is 17.3 Å². The van der Waals surface area contributed by atoms with E-state index in [1.807, 2.05) is 44.2 Å². The monoisotopic (exact) mass is 409 g/mol. The molecule has 6 heteroatoms. The molecular weight excluding hydrogens is 382 g/mol. The van der Waals surface area contributed by atoms with Gasteiger partial charge in [0, 0.05) is 12.1 Å². The molecule has 0 saturated carbocycles. The van der Waals surface area contributed by atoms with Gasteiger partial charge in [0.1, 0.15) is 5.25 Å². The maximum Gasteiger partial charge on any atom is 0.240 e. The first-order valence-electron chi connectivity index (χ1n) is 9.89. The van der Waals surface area contributed by atoms with E-state index in [-0.39, 0.29) is 18.2 Å². The van der Waals surface area contributed by atoms with Crippen molar-refractivity contribution in [1.29, 1.82) is 0 Å². The van der Waals surface area contributed by atoms with Crippen LogP contribution in [-0.4, -0.2) is 22.2 Å². The van der Waals surface area contributed by atoms with Gasteiger partial charge >= 0.3 is 0 Å². The molecule has 0 spiro atoms. The highest BCUT2D eigenvalue weighted by atomic mass is 32.2. The zero-order chi connectivity index (χ0) is 21.0. The second-order valence-electron chi connectivity index (χ2n) is 7.48. The quantitative estimate of drug-likeness (QED) is 0.700. The highest BCUT2D eigenvalue weighted by Crippen LogP contribution is 2.27. The summed E-state index contributed by atoms with van der Waals surface area (Å²) in [4.78, 5) is 29.2. The van der Waals surface area contributed by atoms with Crippen LogP contribution in [-0.2, 0) is 9.59 Å². The van der Waals surface area contributed by atoms with Crippen molar-refractivity contribution in [2.24, 2.45) is 4.99 Å². The standard InChI is InChI=1S/C23H27N3O2S/c1-5-15(3)17-8-10-18(11-9-17)24-23-26-22(28)20(29-23)13-21(27)25-19-12-14(2)6-7-16(19)4/h6-12,15,20H,5,13H2,1-4H3,(H,25,27)(H,24,26,28)/t15-,20-/m1/s1. The number of anilines is 1. The van der Waals surface area contributed by atoms with Gasteiger partial charge < -0.3 is 10.6 Å². The molecule has 0 bridgehead atoms. The zero-order valence-electron chi connectivity index (χ0n) is 17.3. The van der Waals surface area contributed by atoms with Gasteiger partial charge in [0.2, 0.25) is 11.8 Å². The SMILES string of the molecule is CC[C@@H](C)c1ccc(N=C2NC(=O)[C@@H](CC(=O)Nc3cc(C)ccc3C)S2)cc1. The number of hydrogen-bond donors (Lipinski definition) is 2. The first-order chi connectivity index (χ1) is 13.9. The van der Waals surface area contributed by atoms with Gasteiger partial charge in [-0.1, -0.05) is 49.9 Å². The van der Waals surface area contributed by atoms with E-state index in [1.54, 1.807) is 0 Å².